The van der Waals surface area contributed by atoms with Crippen LogP contribution < -0.4 is 24.8 Å². The first-order chi connectivity index (χ1) is 21.7. The van der Waals surface area contributed by atoms with Crippen molar-refractivity contribution < 1.29 is 22.7 Å². The number of amides is 1. The molecule has 1 aliphatic rings. The number of rotatable bonds is 14. The molecule has 238 valence electrons. The number of hydrogen-bond acceptors (Lipinski definition) is 6. The molecule has 8 nitrogen and oxygen atoms in total. The minimum atomic E-state index is -3.95. The van der Waals surface area contributed by atoms with Crippen LogP contribution in [0.2, 0.25) is 0 Å². The molecule has 45 heavy (non-hydrogen) atoms. The highest BCUT2D eigenvalue weighted by molar-refractivity contribution is 7.89. The second-order valence-electron chi connectivity index (χ2n) is 11.9. The van der Waals surface area contributed by atoms with Crippen LogP contribution in [0.5, 0.6) is 11.5 Å². The van der Waals surface area contributed by atoms with Crippen LogP contribution in [0, 0.1) is 5.92 Å². The van der Waals surface area contributed by atoms with E-state index in [2.05, 4.69) is 35.3 Å². The number of ether oxygens (including phenoxy) is 2. The van der Waals surface area contributed by atoms with Gasteiger partial charge in [0.25, 0.3) is 0 Å². The Kier molecular flexibility index (Phi) is 10.8. The van der Waals surface area contributed by atoms with Crippen molar-refractivity contribution in [2.45, 2.75) is 63.6 Å². The molecule has 2 unspecified atom stereocenters. The Morgan fingerprint density at radius 3 is 2.53 bits per heavy atom. The van der Waals surface area contributed by atoms with Crippen LogP contribution in [0.25, 0.3) is 10.8 Å². The highest BCUT2D eigenvalue weighted by atomic mass is 32.2. The Labute approximate surface area is 266 Å². The maximum Gasteiger partial charge on any atom is 0.241 e. The van der Waals surface area contributed by atoms with E-state index >= 15 is 0 Å². The normalized spacial score (nSPS) is 15.3. The monoisotopic (exact) mass is 629 g/mol. The van der Waals surface area contributed by atoms with Crippen LogP contribution >= 0.6 is 0 Å². The molecule has 0 aliphatic carbocycles. The maximum atomic E-state index is 13.6. The van der Waals surface area contributed by atoms with E-state index in [1.807, 2.05) is 67.6 Å². The number of benzene rings is 4. The standard InChI is InChI=1S/C36H43N3O5S/c1-4-43-30-13-11-29-22-31(14-12-28(29)21-30)45(41,42)39-34(27-8-6-5-7-9-27)23-36(40)38-33-17-19-44-35-20-26(10-15-32(33)35)24-37-18-16-25(2)3/h5-15,20-22,25,33-34,37,39H,4,16-19,23-24H2,1-3H3,(H,38,40). The molecular formula is C36H43N3O5S. The zero-order chi connectivity index (χ0) is 31.8. The van der Waals surface area contributed by atoms with E-state index in [4.69, 9.17) is 9.47 Å². The molecule has 0 spiro atoms. The zero-order valence-corrected chi connectivity index (χ0v) is 27.0. The van der Waals surface area contributed by atoms with Crippen molar-refractivity contribution >= 4 is 26.7 Å². The van der Waals surface area contributed by atoms with Gasteiger partial charge in [0.1, 0.15) is 11.5 Å². The van der Waals surface area contributed by atoms with Gasteiger partial charge in [-0.3, -0.25) is 4.79 Å². The van der Waals surface area contributed by atoms with Gasteiger partial charge in [-0.1, -0.05) is 68.4 Å². The predicted octanol–water partition coefficient (Wildman–Crippen LogP) is 6.42. The molecular weight excluding hydrogens is 586 g/mol. The number of carbonyl (C=O) groups excluding carboxylic acids is 1. The third-order valence-electron chi connectivity index (χ3n) is 7.97. The van der Waals surface area contributed by atoms with Crippen LogP contribution in [-0.2, 0) is 21.4 Å². The van der Waals surface area contributed by atoms with Crippen LogP contribution in [-0.4, -0.2) is 34.1 Å². The van der Waals surface area contributed by atoms with Gasteiger partial charge >= 0.3 is 0 Å². The number of sulfonamides is 1. The first kappa shape index (κ1) is 32.5. The molecule has 0 aromatic heterocycles. The van der Waals surface area contributed by atoms with Gasteiger partial charge in [0, 0.05) is 24.9 Å². The Balaban J connectivity index is 1.29. The first-order valence-corrected chi connectivity index (χ1v) is 17.2. The molecule has 1 aliphatic heterocycles. The molecule has 4 aromatic carbocycles. The van der Waals surface area contributed by atoms with Gasteiger partial charge in [0.05, 0.1) is 30.2 Å². The Hall–Kier alpha value is -3.92. The highest BCUT2D eigenvalue weighted by Gasteiger charge is 2.27. The lowest BCUT2D eigenvalue weighted by Crippen LogP contribution is -2.36. The Morgan fingerprint density at radius 1 is 0.978 bits per heavy atom. The van der Waals surface area contributed by atoms with E-state index in [-0.39, 0.29) is 23.3 Å². The van der Waals surface area contributed by atoms with Gasteiger partial charge in [-0.05, 0) is 78.0 Å². The van der Waals surface area contributed by atoms with Gasteiger partial charge < -0.3 is 20.1 Å². The lowest BCUT2D eigenvalue weighted by molar-refractivity contribution is -0.122. The summed E-state index contributed by atoms with van der Waals surface area (Å²) in [4.78, 5) is 13.6. The zero-order valence-electron chi connectivity index (χ0n) is 26.2. The summed E-state index contributed by atoms with van der Waals surface area (Å²) < 4.78 is 41.6. The molecule has 1 heterocycles. The lowest BCUT2D eigenvalue weighted by atomic mass is 9.98. The Bertz CT molecular complexity index is 1710. The summed E-state index contributed by atoms with van der Waals surface area (Å²) in [6.45, 7) is 9.09. The minimum absolute atomic E-state index is 0.0565. The van der Waals surface area contributed by atoms with Crippen molar-refractivity contribution in [1.29, 1.82) is 0 Å². The topological polar surface area (TPSA) is 106 Å². The second-order valence-corrected chi connectivity index (χ2v) is 13.6. The molecule has 0 saturated carbocycles. The quantitative estimate of drug-likeness (QED) is 0.139. The third kappa shape index (κ3) is 8.63. The maximum absolute atomic E-state index is 13.6. The molecule has 5 rings (SSSR count). The van der Waals surface area contributed by atoms with Crippen LogP contribution in [0.1, 0.15) is 68.8 Å². The highest BCUT2D eigenvalue weighted by Crippen LogP contribution is 2.33. The van der Waals surface area contributed by atoms with Gasteiger partial charge in [-0.2, -0.15) is 0 Å². The summed E-state index contributed by atoms with van der Waals surface area (Å²) in [5, 5.41) is 8.28. The summed E-state index contributed by atoms with van der Waals surface area (Å²) in [5.74, 6) is 1.92. The fourth-order valence-electron chi connectivity index (χ4n) is 5.55. The minimum Gasteiger partial charge on any atom is -0.494 e. The van der Waals surface area contributed by atoms with E-state index < -0.39 is 16.1 Å². The second kappa shape index (κ2) is 14.9. The summed E-state index contributed by atoms with van der Waals surface area (Å²) in [7, 11) is -3.95. The van der Waals surface area contributed by atoms with E-state index in [1.54, 1.807) is 18.2 Å². The van der Waals surface area contributed by atoms with E-state index in [1.165, 1.54) is 0 Å². The largest absolute Gasteiger partial charge is 0.494 e. The molecule has 9 heteroatoms. The fourth-order valence-corrected chi connectivity index (χ4v) is 6.81. The average Bonchev–Trinajstić information content (AvgIpc) is 3.03. The molecule has 2 atom stereocenters. The van der Waals surface area contributed by atoms with Crippen molar-refractivity contribution in [3.8, 4) is 11.5 Å². The lowest BCUT2D eigenvalue weighted by Gasteiger charge is -2.28. The van der Waals surface area contributed by atoms with Crippen molar-refractivity contribution in [3.63, 3.8) is 0 Å². The van der Waals surface area contributed by atoms with Gasteiger partial charge in [-0.25, -0.2) is 13.1 Å². The summed E-state index contributed by atoms with van der Waals surface area (Å²) in [6, 6.07) is 24.9. The predicted molar refractivity (Wildman–Crippen MR) is 178 cm³/mol. The van der Waals surface area contributed by atoms with Crippen LogP contribution in [0.3, 0.4) is 0 Å². The van der Waals surface area contributed by atoms with Gasteiger partial charge in [0.15, 0.2) is 0 Å². The molecule has 0 fully saturated rings. The molecule has 0 radical (unpaired) electrons. The van der Waals surface area contributed by atoms with E-state index in [0.717, 1.165) is 52.9 Å². The molecule has 3 N–H and O–H groups in total. The fraction of sp³-hybridized carbons (Fsp3) is 0.361. The molecule has 0 bridgehead atoms. The van der Waals surface area contributed by atoms with Crippen LogP contribution in [0.15, 0.2) is 89.8 Å². The Morgan fingerprint density at radius 2 is 1.76 bits per heavy atom. The van der Waals surface area contributed by atoms with Gasteiger partial charge in [-0.15, -0.1) is 0 Å². The van der Waals surface area contributed by atoms with Crippen molar-refractivity contribution in [2.75, 3.05) is 19.8 Å². The third-order valence-corrected chi connectivity index (χ3v) is 9.44. The number of carbonyl (C=O) groups is 1. The molecule has 1 amide bonds. The number of hydrogen-bond donors (Lipinski definition) is 3. The smallest absolute Gasteiger partial charge is 0.241 e. The SMILES string of the molecule is CCOc1ccc2cc(S(=O)(=O)NC(CC(=O)NC3CCOc4cc(CNCCC(C)C)ccc43)c3ccccc3)ccc2c1. The van der Waals surface area contributed by atoms with Gasteiger partial charge in [0.2, 0.25) is 15.9 Å². The average molecular weight is 630 g/mol. The summed E-state index contributed by atoms with van der Waals surface area (Å²) in [6.07, 6.45) is 1.70. The van der Waals surface area contributed by atoms with Crippen LogP contribution in [0.4, 0.5) is 0 Å². The number of fused-ring (bicyclic) bond motifs is 2. The summed E-state index contributed by atoms with van der Waals surface area (Å²) >= 11 is 0. The summed E-state index contributed by atoms with van der Waals surface area (Å²) in [5.41, 5.74) is 2.77. The molecule has 4 aromatic rings. The first-order valence-electron chi connectivity index (χ1n) is 15.7. The van der Waals surface area contributed by atoms with Crippen molar-refractivity contribution in [3.05, 3.63) is 102 Å². The van der Waals surface area contributed by atoms with E-state index in [9.17, 15) is 13.2 Å². The van der Waals surface area contributed by atoms with Crippen molar-refractivity contribution in [1.82, 2.24) is 15.4 Å². The van der Waals surface area contributed by atoms with E-state index in [0.29, 0.717) is 31.1 Å². The molecule has 0 saturated heterocycles. The van der Waals surface area contributed by atoms with Crippen molar-refractivity contribution in [2.24, 2.45) is 5.92 Å². The number of nitrogens with one attached hydrogen (secondary N) is 3.